The van der Waals surface area contributed by atoms with E-state index in [1.807, 2.05) is 18.9 Å². The fourth-order valence-electron chi connectivity index (χ4n) is 3.95. The molecule has 0 aromatic heterocycles. The number of hydrogen-bond donors (Lipinski definition) is 1. The van der Waals surface area contributed by atoms with Crippen LogP contribution >= 0.6 is 0 Å². The molecule has 1 saturated carbocycles. The molecule has 5 nitrogen and oxygen atoms in total. The van der Waals surface area contributed by atoms with Gasteiger partial charge in [-0.15, -0.1) is 0 Å². The molecule has 0 aromatic rings. The zero-order valence-corrected chi connectivity index (χ0v) is 15.7. The lowest BCUT2D eigenvalue weighted by atomic mass is 9.95. The van der Waals surface area contributed by atoms with Gasteiger partial charge in [0.2, 0.25) is 0 Å². The SMILES string of the molecule is CC[S@](=O)[C@@H]1CCCC[C@@H]1NC(=O)N(C)C[C@H]1CCCN(C)C1. The lowest BCUT2D eigenvalue weighted by Crippen LogP contribution is -2.52. The van der Waals surface area contributed by atoms with Crippen molar-refractivity contribution >= 4 is 16.8 Å². The molecule has 23 heavy (non-hydrogen) atoms. The van der Waals surface area contributed by atoms with Crippen LogP contribution in [-0.2, 0) is 10.8 Å². The summed E-state index contributed by atoms with van der Waals surface area (Å²) in [7, 11) is 3.22. The van der Waals surface area contributed by atoms with E-state index in [0.29, 0.717) is 11.7 Å². The van der Waals surface area contributed by atoms with Crippen molar-refractivity contribution in [3.05, 3.63) is 0 Å². The Morgan fingerprint density at radius 3 is 2.70 bits per heavy atom. The zero-order chi connectivity index (χ0) is 16.8. The summed E-state index contributed by atoms with van der Waals surface area (Å²) >= 11 is 0. The van der Waals surface area contributed by atoms with E-state index in [4.69, 9.17) is 0 Å². The molecule has 2 aliphatic rings. The molecular weight excluding hydrogens is 310 g/mol. The standard InChI is InChI=1S/C17H33N3O2S/c1-4-23(22)16-10-6-5-9-15(16)18-17(21)20(3)13-14-8-7-11-19(2)12-14/h14-16H,4-13H2,1-3H3,(H,18,21)/t14-,15-,16+,23-/m0/s1. The maximum Gasteiger partial charge on any atom is 0.317 e. The summed E-state index contributed by atoms with van der Waals surface area (Å²) in [4.78, 5) is 16.7. The van der Waals surface area contributed by atoms with E-state index >= 15 is 0 Å². The Bertz CT molecular complexity index is 419. The van der Waals surface area contributed by atoms with E-state index in [0.717, 1.165) is 38.8 Å². The summed E-state index contributed by atoms with van der Waals surface area (Å²) in [6.45, 7) is 5.02. The molecule has 0 unspecified atom stereocenters. The predicted octanol–water partition coefficient (Wildman–Crippen LogP) is 2.05. The number of amides is 2. The normalized spacial score (nSPS) is 30.7. The molecule has 1 aliphatic carbocycles. The molecule has 0 radical (unpaired) electrons. The number of hydrogen-bond acceptors (Lipinski definition) is 3. The summed E-state index contributed by atoms with van der Waals surface area (Å²) in [5, 5.41) is 3.30. The molecule has 1 aliphatic heterocycles. The minimum atomic E-state index is -0.824. The largest absolute Gasteiger partial charge is 0.334 e. The first-order chi connectivity index (χ1) is 11.0. The minimum absolute atomic E-state index is 0.00299. The first-order valence-corrected chi connectivity index (χ1v) is 10.5. The molecule has 2 fully saturated rings. The Balaban J connectivity index is 1.85. The van der Waals surface area contributed by atoms with Crippen LogP contribution in [0.5, 0.6) is 0 Å². The van der Waals surface area contributed by atoms with Gasteiger partial charge in [0, 0.05) is 42.7 Å². The van der Waals surface area contributed by atoms with E-state index in [2.05, 4.69) is 17.3 Å². The summed E-state index contributed by atoms with van der Waals surface area (Å²) in [5.74, 6) is 1.25. The number of carbonyl (C=O) groups is 1. The second-order valence-electron chi connectivity index (χ2n) is 7.20. The number of rotatable bonds is 5. The van der Waals surface area contributed by atoms with E-state index in [-0.39, 0.29) is 17.3 Å². The molecule has 4 atom stereocenters. The molecule has 2 amide bonds. The van der Waals surface area contributed by atoms with Crippen LogP contribution in [0.25, 0.3) is 0 Å². The molecule has 6 heteroatoms. The average molecular weight is 344 g/mol. The lowest BCUT2D eigenvalue weighted by Gasteiger charge is -2.35. The molecule has 1 heterocycles. The highest BCUT2D eigenvalue weighted by Crippen LogP contribution is 2.23. The van der Waals surface area contributed by atoms with Gasteiger partial charge in [0.1, 0.15) is 0 Å². The third kappa shape index (κ3) is 5.45. The Morgan fingerprint density at radius 2 is 2.00 bits per heavy atom. The summed E-state index contributed by atoms with van der Waals surface area (Å²) in [5.41, 5.74) is 0. The van der Waals surface area contributed by atoms with Crippen LogP contribution in [0.4, 0.5) is 4.79 Å². The smallest absolute Gasteiger partial charge is 0.317 e. The Hall–Kier alpha value is -0.620. The lowest BCUT2D eigenvalue weighted by molar-refractivity contribution is 0.160. The van der Waals surface area contributed by atoms with Crippen molar-refractivity contribution in [3.63, 3.8) is 0 Å². The average Bonchev–Trinajstić information content (AvgIpc) is 2.54. The van der Waals surface area contributed by atoms with Gasteiger partial charge in [0.15, 0.2) is 0 Å². The third-order valence-corrected chi connectivity index (χ3v) is 7.04. The highest BCUT2D eigenvalue weighted by molar-refractivity contribution is 7.85. The number of piperidine rings is 1. The van der Waals surface area contributed by atoms with E-state index in [1.54, 1.807) is 0 Å². The second kappa shape index (κ2) is 9.02. The molecule has 2 rings (SSSR count). The number of likely N-dealkylation sites (tertiary alicyclic amines) is 1. The first-order valence-electron chi connectivity index (χ1n) is 9.08. The highest BCUT2D eigenvalue weighted by Gasteiger charge is 2.31. The molecule has 1 N–H and O–H groups in total. The summed E-state index contributed by atoms with van der Waals surface area (Å²) < 4.78 is 12.2. The Morgan fingerprint density at radius 1 is 1.26 bits per heavy atom. The fourth-order valence-corrected chi connectivity index (χ4v) is 5.38. The molecule has 0 spiro atoms. The van der Waals surface area contributed by atoms with E-state index in [9.17, 15) is 9.00 Å². The van der Waals surface area contributed by atoms with Crippen LogP contribution in [0.2, 0.25) is 0 Å². The quantitative estimate of drug-likeness (QED) is 0.831. The van der Waals surface area contributed by atoms with Gasteiger partial charge in [-0.1, -0.05) is 19.8 Å². The molecule has 1 saturated heterocycles. The highest BCUT2D eigenvalue weighted by atomic mass is 32.2. The van der Waals surface area contributed by atoms with Gasteiger partial charge in [-0.25, -0.2) is 4.79 Å². The number of carbonyl (C=O) groups excluding carboxylic acids is 1. The second-order valence-corrected chi connectivity index (χ2v) is 9.14. The van der Waals surface area contributed by atoms with Crippen LogP contribution < -0.4 is 5.32 Å². The van der Waals surface area contributed by atoms with Crippen LogP contribution in [0.1, 0.15) is 45.4 Å². The minimum Gasteiger partial charge on any atom is -0.334 e. The van der Waals surface area contributed by atoms with Crippen molar-refractivity contribution in [2.45, 2.75) is 56.7 Å². The van der Waals surface area contributed by atoms with Gasteiger partial charge < -0.3 is 15.1 Å². The Kier molecular flexibility index (Phi) is 7.34. The Labute approximate surface area is 143 Å². The number of urea groups is 1. The summed E-state index contributed by atoms with van der Waals surface area (Å²) in [6, 6.07) is 0.0803. The van der Waals surface area contributed by atoms with Crippen LogP contribution in [-0.4, -0.2) is 70.8 Å². The van der Waals surface area contributed by atoms with Crippen molar-refractivity contribution in [2.24, 2.45) is 5.92 Å². The van der Waals surface area contributed by atoms with E-state index < -0.39 is 10.8 Å². The predicted molar refractivity (Wildman–Crippen MR) is 96.1 cm³/mol. The van der Waals surface area contributed by atoms with Gasteiger partial charge in [-0.2, -0.15) is 0 Å². The molecular formula is C17H33N3O2S. The first kappa shape index (κ1) is 18.7. The molecule has 0 bridgehead atoms. The molecule has 0 aromatic carbocycles. The number of nitrogens with one attached hydrogen (secondary N) is 1. The van der Waals surface area contributed by atoms with Crippen molar-refractivity contribution in [1.29, 1.82) is 0 Å². The van der Waals surface area contributed by atoms with Gasteiger partial charge in [-0.05, 0) is 45.2 Å². The van der Waals surface area contributed by atoms with E-state index in [1.165, 1.54) is 19.4 Å². The fraction of sp³-hybridized carbons (Fsp3) is 0.941. The van der Waals surface area contributed by atoms with Crippen molar-refractivity contribution < 1.29 is 9.00 Å². The van der Waals surface area contributed by atoms with Crippen LogP contribution in [0.15, 0.2) is 0 Å². The van der Waals surface area contributed by atoms with Gasteiger partial charge in [0.05, 0.1) is 5.25 Å². The van der Waals surface area contributed by atoms with Gasteiger partial charge >= 0.3 is 6.03 Å². The third-order valence-electron chi connectivity index (χ3n) is 5.23. The van der Waals surface area contributed by atoms with Gasteiger partial charge in [-0.3, -0.25) is 4.21 Å². The van der Waals surface area contributed by atoms with Crippen molar-refractivity contribution in [1.82, 2.24) is 15.1 Å². The maximum absolute atomic E-state index is 12.5. The zero-order valence-electron chi connectivity index (χ0n) is 14.9. The van der Waals surface area contributed by atoms with Gasteiger partial charge in [0.25, 0.3) is 0 Å². The number of nitrogens with zero attached hydrogens (tertiary/aromatic N) is 2. The van der Waals surface area contributed by atoms with Crippen LogP contribution in [0, 0.1) is 5.92 Å². The summed E-state index contributed by atoms with van der Waals surface area (Å²) in [6.07, 6.45) is 6.61. The van der Waals surface area contributed by atoms with Crippen molar-refractivity contribution in [3.8, 4) is 0 Å². The van der Waals surface area contributed by atoms with Crippen molar-refractivity contribution in [2.75, 3.05) is 39.5 Å². The monoisotopic (exact) mass is 343 g/mol. The topological polar surface area (TPSA) is 52.7 Å². The van der Waals surface area contributed by atoms with Crippen LogP contribution in [0.3, 0.4) is 0 Å². The maximum atomic E-state index is 12.5. The molecule has 134 valence electrons.